The van der Waals surface area contributed by atoms with Gasteiger partial charge in [-0.2, -0.15) is 5.11 Å². The van der Waals surface area contributed by atoms with E-state index in [1.807, 2.05) is 18.2 Å². The Bertz CT molecular complexity index is 498. The summed E-state index contributed by atoms with van der Waals surface area (Å²) in [5.41, 5.74) is 1.09. The zero-order valence-corrected chi connectivity index (χ0v) is 14.8. The Kier molecular flexibility index (Phi) is 7.81. The van der Waals surface area contributed by atoms with Crippen LogP contribution in [0.4, 0.5) is 0 Å². The maximum atomic E-state index is 5.81. The van der Waals surface area contributed by atoms with Gasteiger partial charge in [-0.3, -0.25) is 0 Å². The zero-order valence-electron chi connectivity index (χ0n) is 14.8. The lowest BCUT2D eigenvalue weighted by molar-refractivity contribution is 0.170. The van der Waals surface area contributed by atoms with Gasteiger partial charge in [-0.15, -0.1) is 0 Å². The Morgan fingerprint density at radius 2 is 1.87 bits per heavy atom. The molecule has 0 bridgehead atoms. The van der Waals surface area contributed by atoms with Gasteiger partial charge >= 0.3 is 0 Å². The van der Waals surface area contributed by atoms with Crippen LogP contribution in [0.1, 0.15) is 32.8 Å². The first kappa shape index (κ1) is 19.2. The molecule has 23 heavy (non-hydrogen) atoms. The van der Waals surface area contributed by atoms with Crippen LogP contribution in [0, 0.1) is 5.41 Å². The maximum Gasteiger partial charge on any atom is 0.161 e. The molecule has 0 aliphatic heterocycles. The molecule has 6 heteroatoms. The number of nitrogens with two attached hydrogens (primary N) is 1. The second-order valence-corrected chi connectivity index (χ2v) is 6.50. The van der Waals surface area contributed by atoms with Crippen molar-refractivity contribution in [2.45, 2.75) is 39.7 Å². The summed E-state index contributed by atoms with van der Waals surface area (Å²) in [6.07, 6.45) is 1.57. The van der Waals surface area contributed by atoms with Crippen LogP contribution in [-0.4, -0.2) is 33.5 Å². The minimum atomic E-state index is -0.0255. The number of ether oxygens (including phenoxy) is 3. The van der Waals surface area contributed by atoms with Crippen molar-refractivity contribution in [1.29, 1.82) is 0 Å². The number of methoxy groups -OCH3 is 2. The van der Waals surface area contributed by atoms with E-state index in [9.17, 15) is 0 Å². The summed E-state index contributed by atoms with van der Waals surface area (Å²) in [7, 11) is 3.32. The molecule has 130 valence electrons. The Balaban J connectivity index is 2.86. The molecule has 0 aliphatic rings. The van der Waals surface area contributed by atoms with Gasteiger partial charge in [-0.05, 0) is 29.5 Å². The molecular formula is C17H29N3O3. The molecule has 0 aliphatic carbocycles. The Morgan fingerprint density at radius 3 is 2.43 bits per heavy atom. The summed E-state index contributed by atoms with van der Waals surface area (Å²) in [6, 6.07) is 5.93. The van der Waals surface area contributed by atoms with Gasteiger partial charge < -0.3 is 20.1 Å². The molecule has 1 aromatic rings. The highest BCUT2D eigenvalue weighted by molar-refractivity contribution is 5.43. The maximum absolute atomic E-state index is 5.81. The van der Waals surface area contributed by atoms with Crippen LogP contribution in [0.15, 0.2) is 28.5 Å². The number of hydrogen-bond acceptors (Lipinski definition) is 5. The summed E-state index contributed by atoms with van der Waals surface area (Å²) in [5.74, 6) is 6.71. The minimum absolute atomic E-state index is 0.00207. The third kappa shape index (κ3) is 6.44. The lowest BCUT2D eigenvalue weighted by Crippen LogP contribution is -2.26. The predicted molar refractivity (Wildman–Crippen MR) is 91.0 cm³/mol. The van der Waals surface area contributed by atoms with E-state index >= 15 is 0 Å². The van der Waals surface area contributed by atoms with Gasteiger partial charge in [-0.25, -0.2) is 0 Å². The summed E-state index contributed by atoms with van der Waals surface area (Å²) >= 11 is 0. The van der Waals surface area contributed by atoms with Gasteiger partial charge in [0, 0.05) is 20.1 Å². The van der Waals surface area contributed by atoms with E-state index in [1.165, 1.54) is 0 Å². The fourth-order valence-corrected chi connectivity index (χ4v) is 2.17. The molecule has 0 saturated heterocycles. The van der Waals surface area contributed by atoms with Crippen LogP contribution in [0.5, 0.6) is 11.5 Å². The molecule has 1 atom stereocenters. The van der Waals surface area contributed by atoms with Crippen LogP contribution in [-0.2, 0) is 11.2 Å². The van der Waals surface area contributed by atoms with E-state index in [0.29, 0.717) is 13.2 Å². The molecule has 0 aromatic heterocycles. The molecule has 0 saturated carbocycles. The van der Waals surface area contributed by atoms with Gasteiger partial charge in [0.05, 0.1) is 19.8 Å². The first-order valence-electron chi connectivity index (χ1n) is 7.81. The van der Waals surface area contributed by atoms with E-state index in [2.05, 4.69) is 31.1 Å². The predicted octanol–water partition coefficient (Wildman–Crippen LogP) is 3.39. The van der Waals surface area contributed by atoms with Gasteiger partial charge in [0.2, 0.25) is 0 Å². The van der Waals surface area contributed by atoms with Crippen molar-refractivity contribution in [3.63, 3.8) is 0 Å². The molecule has 0 amide bonds. The average Bonchev–Trinajstić information content (AvgIpc) is 2.50. The van der Waals surface area contributed by atoms with Crippen molar-refractivity contribution in [2.75, 3.05) is 27.4 Å². The lowest BCUT2D eigenvalue weighted by atomic mass is 9.83. The van der Waals surface area contributed by atoms with Crippen molar-refractivity contribution < 1.29 is 14.2 Å². The van der Waals surface area contributed by atoms with Crippen molar-refractivity contribution in [2.24, 2.45) is 21.6 Å². The number of hydrogen-bond donors (Lipinski definition) is 1. The van der Waals surface area contributed by atoms with Crippen LogP contribution in [0.2, 0.25) is 0 Å². The second kappa shape index (κ2) is 9.35. The Labute approximate surface area is 139 Å². The molecule has 1 aromatic carbocycles. The minimum Gasteiger partial charge on any atom is -0.493 e. The van der Waals surface area contributed by atoms with Crippen LogP contribution in [0.3, 0.4) is 0 Å². The molecule has 0 radical (unpaired) electrons. The van der Waals surface area contributed by atoms with E-state index in [4.69, 9.17) is 20.1 Å². The first-order chi connectivity index (χ1) is 10.9. The third-order valence-corrected chi connectivity index (χ3v) is 3.61. The summed E-state index contributed by atoms with van der Waals surface area (Å²) in [5, 5.41) is 7.64. The van der Waals surface area contributed by atoms with Crippen LogP contribution in [0.25, 0.3) is 0 Å². The largest absolute Gasteiger partial charge is 0.493 e. The third-order valence-electron chi connectivity index (χ3n) is 3.61. The number of rotatable bonds is 9. The highest BCUT2D eigenvalue weighted by Gasteiger charge is 2.25. The first-order valence-corrected chi connectivity index (χ1v) is 7.81. The van der Waals surface area contributed by atoms with Gasteiger partial charge in [-0.1, -0.05) is 32.1 Å². The lowest BCUT2D eigenvalue weighted by Gasteiger charge is -2.26. The van der Waals surface area contributed by atoms with Crippen molar-refractivity contribution >= 4 is 0 Å². The topological polar surface area (TPSA) is 78.4 Å². The Morgan fingerprint density at radius 1 is 1.13 bits per heavy atom. The highest BCUT2D eigenvalue weighted by Crippen LogP contribution is 2.31. The molecule has 0 fully saturated rings. The van der Waals surface area contributed by atoms with Crippen molar-refractivity contribution in [3.05, 3.63) is 23.8 Å². The van der Waals surface area contributed by atoms with Crippen molar-refractivity contribution in [3.8, 4) is 11.5 Å². The van der Waals surface area contributed by atoms with E-state index in [0.717, 1.165) is 29.9 Å². The summed E-state index contributed by atoms with van der Waals surface area (Å²) < 4.78 is 16.2. The number of nitrogens with zero attached hydrogens (tertiary/aromatic N) is 2. The fraction of sp³-hybridized carbons (Fsp3) is 0.647. The number of benzene rings is 1. The van der Waals surface area contributed by atoms with E-state index < -0.39 is 0 Å². The smallest absolute Gasteiger partial charge is 0.161 e. The highest BCUT2D eigenvalue weighted by atomic mass is 16.5. The fourth-order valence-electron chi connectivity index (χ4n) is 2.17. The van der Waals surface area contributed by atoms with Crippen molar-refractivity contribution in [1.82, 2.24) is 0 Å². The van der Waals surface area contributed by atoms with Gasteiger partial charge in [0.15, 0.2) is 11.5 Å². The van der Waals surface area contributed by atoms with Gasteiger partial charge in [0.1, 0.15) is 0 Å². The standard InChI is InChI=1S/C17H29N3O3/c1-17(2,3)16(19-20-18)12-13-7-8-14(22-5)15(11-13)23-10-6-9-21-4/h7-8,11,16H,6,9-10,12H2,1-5H3,(H2,18,19). The van der Waals surface area contributed by atoms with Gasteiger partial charge in [0.25, 0.3) is 0 Å². The zero-order chi connectivity index (χ0) is 17.3. The Hall–Kier alpha value is -1.82. The summed E-state index contributed by atoms with van der Waals surface area (Å²) in [6.45, 7) is 7.62. The van der Waals surface area contributed by atoms with Crippen LogP contribution < -0.4 is 15.3 Å². The normalized spacial score (nSPS) is 13.3. The molecule has 0 spiro atoms. The molecule has 0 heterocycles. The monoisotopic (exact) mass is 323 g/mol. The quantitative estimate of drug-likeness (QED) is 0.327. The molecule has 1 unspecified atom stereocenters. The van der Waals surface area contributed by atoms with E-state index in [1.54, 1.807) is 14.2 Å². The molecule has 2 N–H and O–H groups in total. The van der Waals surface area contributed by atoms with Crippen LogP contribution >= 0.6 is 0 Å². The summed E-state index contributed by atoms with van der Waals surface area (Å²) in [4.78, 5) is 0. The average molecular weight is 323 g/mol. The van der Waals surface area contributed by atoms with E-state index in [-0.39, 0.29) is 11.5 Å². The molecular weight excluding hydrogens is 294 g/mol. The molecule has 6 nitrogen and oxygen atoms in total. The molecule has 1 rings (SSSR count). The SMILES string of the molecule is COCCCOc1cc(CC(N=NN)C(C)(C)C)ccc1OC. The second-order valence-electron chi connectivity index (χ2n) is 6.50.